The minimum atomic E-state index is -5.08. The quantitative estimate of drug-likeness (QED) is 0.114. The van der Waals surface area contributed by atoms with Gasteiger partial charge in [0.05, 0.1) is 17.6 Å². The van der Waals surface area contributed by atoms with Gasteiger partial charge in [0, 0.05) is 24.9 Å². The Bertz CT molecular complexity index is 1180. The number of aryl methyl sites for hydroxylation is 1. The molecular weight excluding hydrogens is 541 g/mol. The Morgan fingerprint density at radius 3 is 2.08 bits per heavy atom. The van der Waals surface area contributed by atoms with Crippen LogP contribution in [0.2, 0.25) is 0 Å². The lowest BCUT2D eigenvalue weighted by atomic mass is 10.2. The Balaban J connectivity index is 0.000000905. The number of thiazole rings is 1. The monoisotopic (exact) mass is 562 g/mol. The second-order valence-corrected chi connectivity index (χ2v) is 8.22. The van der Waals surface area contributed by atoms with E-state index in [-0.39, 0.29) is 42.3 Å². The van der Waals surface area contributed by atoms with Crippen LogP contribution in [0.5, 0.6) is 5.75 Å². The number of nitrogens with one attached hydrogen (secondary N) is 1. The van der Waals surface area contributed by atoms with E-state index in [1.54, 1.807) is 12.1 Å². The number of aromatic nitrogens is 1. The summed E-state index contributed by atoms with van der Waals surface area (Å²) in [6.07, 6.45) is -4.05. The maximum absolute atomic E-state index is 12.3. The topological polar surface area (TPSA) is 221 Å². The van der Waals surface area contributed by atoms with Gasteiger partial charge in [0.1, 0.15) is 23.0 Å². The zero-order valence-electron chi connectivity index (χ0n) is 19.2. The Hall–Kier alpha value is -4.54. The third kappa shape index (κ3) is 11.5. The first-order valence-electron chi connectivity index (χ1n) is 10.2. The summed E-state index contributed by atoms with van der Waals surface area (Å²) >= 11 is 1.03. The fraction of sp³-hybridized carbons (Fsp3) is 0.286. The standard InChI is InChI=1S/C19H20N4O7S.C2HF3O2/c20-18(21)11-1-3-12(4-2-11)30-19(29)13-9-22-14(31-13)5-6-15(24)23(10-17(27)28)8-7-16(25)26;3-2(4,5)1(6)7/h1-4,9H,5-8,10H2,(H3,20,21)(H,25,26)(H,27,28);(H,6,7). The van der Waals surface area contributed by atoms with Crippen molar-refractivity contribution in [3.8, 4) is 5.75 Å². The summed E-state index contributed by atoms with van der Waals surface area (Å²) in [5, 5.41) is 32.6. The van der Waals surface area contributed by atoms with Gasteiger partial charge in [-0.3, -0.25) is 19.8 Å². The Morgan fingerprint density at radius 1 is 1.03 bits per heavy atom. The smallest absolute Gasteiger partial charge is 0.481 e. The predicted molar refractivity (Wildman–Crippen MR) is 123 cm³/mol. The molecule has 1 amide bonds. The van der Waals surface area contributed by atoms with Crippen LogP contribution in [-0.4, -0.2) is 80.1 Å². The van der Waals surface area contributed by atoms with Gasteiger partial charge < -0.3 is 30.7 Å². The van der Waals surface area contributed by atoms with Crippen molar-refractivity contribution in [3.63, 3.8) is 0 Å². The molecule has 0 saturated heterocycles. The Kier molecular flexibility index (Phi) is 11.8. The molecule has 206 valence electrons. The van der Waals surface area contributed by atoms with Crippen molar-refractivity contribution in [2.75, 3.05) is 13.1 Å². The number of carboxylic acids is 3. The zero-order valence-corrected chi connectivity index (χ0v) is 20.0. The molecule has 13 nitrogen and oxygen atoms in total. The molecule has 0 atom stereocenters. The molecule has 2 aromatic rings. The number of aliphatic carboxylic acids is 3. The van der Waals surface area contributed by atoms with Gasteiger partial charge in [-0.25, -0.2) is 14.6 Å². The van der Waals surface area contributed by atoms with Gasteiger partial charge in [-0.1, -0.05) is 0 Å². The molecule has 1 aromatic carbocycles. The van der Waals surface area contributed by atoms with E-state index in [0.29, 0.717) is 10.6 Å². The highest BCUT2D eigenvalue weighted by molar-refractivity contribution is 7.13. The maximum atomic E-state index is 12.3. The summed E-state index contributed by atoms with van der Waals surface area (Å²) in [7, 11) is 0. The molecule has 38 heavy (non-hydrogen) atoms. The van der Waals surface area contributed by atoms with Gasteiger partial charge in [-0.15, -0.1) is 11.3 Å². The fourth-order valence-corrected chi connectivity index (χ4v) is 3.23. The Labute approximate surface area is 215 Å². The van der Waals surface area contributed by atoms with Crippen molar-refractivity contribution in [2.45, 2.75) is 25.4 Å². The first-order valence-corrected chi connectivity index (χ1v) is 11.0. The van der Waals surface area contributed by atoms with E-state index in [0.717, 1.165) is 16.2 Å². The maximum Gasteiger partial charge on any atom is 0.490 e. The Morgan fingerprint density at radius 2 is 1.61 bits per heavy atom. The summed E-state index contributed by atoms with van der Waals surface area (Å²) in [6, 6.07) is 6.09. The molecular formula is C21H21F3N4O9S. The van der Waals surface area contributed by atoms with Crippen LogP contribution >= 0.6 is 11.3 Å². The summed E-state index contributed by atoms with van der Waals surface area (Å²) in [5.41, 5.74) is 5.86. The lowest BCUT2D eigenvalue weighted by molar-refractivity contribution is -0.192. The largest absolute Gasteiger partial charge is 0.490 e. The minimum absolute atomic E-state index is 0.0819. The average molecular weight is 562 g/mol. The molecule has 0 saturated carbocycles. The van der Waals surface area contributed by atoms with Crippen molar-refractivity contribution in [2.24, 2.45) is 5.73 Å². The van der Waals surface area contributed by atoms with Crippen LogP contribution in [-0.2, 0) is 25.6 Å². The number of esters is 1. The molecule has 0 aliphatic rings. The number of carboxylic acid groups (broad SMARTS) is 3. The van der Waals surface area contributed by atoms with Crippen LogP contribution in [0.3, 0.4) is 0 Å². The average Bonchev–Trinajstić information content (AvgIpc) is 3.29. The predicted octanol–water partition coefficient (Wildman–Crippen LogP) is 1.60. The van der Waals surface area contributed by atoms with Crippen LogP contribution in [0.15, 0.2) is 30.5 Å². The van der Waals surface area contributed by atoms with Crippen LogP contribution in [0, 0.1) is 5.41 Å². The normalized spacial score (nSPS) is 10.5. The van der Waals surface area contributed by atoms with Crippen LogP contribution in [0.25, 0.3) is 0 Å². The summed E-state index contributed by atoms with van der Waals surface area (Å²) in [5.74, 6) is -6.13. The van der Waals surface area contributed by atoms with Crippen molar-refractivity contribution in [1.29, 1.82) is 5.41 Å². The van der Waals surface area contributed by atoms with Crippen molar-refractivity contribution >= 4 is 47.0 Å². The van der Waals surface area contributed by atoms with E-state index in [2.05, 4.69) is 4.98 Å². The highest BCUT2D eigenvalue weighted by Gasteiger charge is 2.38. The van der Waals surface area contributed by atoms with Gasteiger partial charge in [0.15, 0.2) is 0 Å². The molecule has 2 rings (SSSR count). The van der Waals surface area contributed by atoms with E-state index in [9.17, 15) is 32.3 Å². The number of alkyl halides is 3. The van der Waals surface area contributed by atoms with E-state index >= 15 is 0 Å². The molecule has 0 aliphatic heterocycles. The highest BCUT2D eigenvalue weighted by atomic mass is 32.1. The second-order valence-electron chi connectivity index (χ2n) is 7.10. The van der Waals surface area contributed by atoms with Gasteiger partial charge in [0.25, 0.3) is 0 Å². The van der Waals surface area contributed by atoms with Gasteiger partial charge in [-0.2, -0.15) is 13.2 Å². The number of benzene rings is 1. The van der Waals surface area contributed by atoms with Gasteiger partial charge in [0.2, 0.25) is 5.91 Å². The van der Waals surface area contributed by atoms with E-state index < -0.39 is 42.5 Å². The number of carbonyl (C=O) groups is 5. The van der Waals surface area contributed by atoms with E-state index in [4.69, 9.17) is 36.0 Å². The van der Waals surface area contributed by atoms with Crippen molar-refractivity contribution in [1.82, 2.24) is 9.88 Å². The second kappa shape index (κ2) is 14.3. The molecule has 0 radical (unpaired) electrons. The molecule has 0 bridgehead atoms. The fourth-order valence-electron chi connectivity index (χ4n) is 2.44. The number of ether oxygens (including phenoxy) is 1. The lowest BCUT2D eigenvalue weighted by Crippen LogP contribution is -2.37. The molecule has 1 heterocycles. The number of nitrogens with two attached hydrogens (primary N) is 1. The number of amides is 1. The number of hydrogen-bond acceptors (Lipinski definition) is 9. The first-order chi connectivity index (χ1) is 17.6. The zero-order chi connectivity index (χ0) is 29.0. The summed E-state index contributed by atoms with van der Waals surface area (Å²) in [4.78, 5) is 60.2. The van der Waals surface area contributed by atoms with Crippen LogP contribution in [0.1, 0.15) is 33.1 Å². The SMILES string of the molecule is N=C(N)c1ccc(OC(=O)c2cnc(CCC(=O)N(CCC(=O)O)CC(=O)O)s2)cc1.O=C(O)C(F)(F)F. The van der Waals surface area contributed by atoms with Crippen LogP contribution < -0.4 is 10.5 Å². The number of nitrogens with zero attached hydrogens (tertiary/aromatic N) is 2. The third-order valence-corrected chi connectivity index (χ3v) is 5.24. The summed E-state index contributed by atoms with van der Waals surface area (Å²) in [6.45, 7) is -0.803. The molecule has 17 heteroatoms. The minimum Gasteiger partial charge on any atom is -0.481 e. The molecule has 1 aromatic heterocycles. The number of nitrogen functional groups attached to an aromatic ring is 1. The van der Waals surface area contributed by atoms with Crippen LogP contribution in [0.4, 0.5) is 13.2 Å². The number of rotatable bonds is 11. The highest BCUT2D eigenvalue weighted by Crippen LogP contribution is 2.19. The summed E-state index contributed by atoms with van der Waals surface area (Å²) < 4.78 is 37.0. The number of amidine groups is 1. The van der Waals surface area contributed by atoms with Gasteiger partial charge >= 0.3 is 30.1 Å². The number of carbonyl (C=O) groups excluding carboxylic acids is 2. The van der Waals surface area contributed by atoms with Gasteiger partial charge in [-0.05, 0) is 24.3 Å². The lowest BCUT2D eigenvalue weighted by Gasteiger charge is -2.19. The van der Waals surface area contributed by atoms with E-state index in [1.165, 1.54) is 18.3 Å². The van der Waals surface area contributed by atoms with Crippen molar-refractivity contribution < 1.29 is 57.2 Å². The third-order valence-electron chi connectivity index (χ3n) is 4.20. The molecule has 0 spiro atoms. The molecule has 0 unspecified atom stereocenters. The number of hydrogen-bond donors (Lipinski definition) is 5. The van der Waals surface area contributed by atoms with Crippen molar-refractivity contribution in [3.05, 3.63) is 45.9 Å². The number of halogens is 3. The first kappa shape index (κ1) is 31.5. The molecule has 0 fully saturated rings. The van der Waals surface area contributed by atoms with E-state index in [1.807, 2.05) is 0 Å². The molecule has 0 aliphatic carbocycles. The molecule has 6 N–H and O–H groups in total.